The van der Waals surface area contributed by atoms with Gasteiger partial charge in [0.2, 0.25) is 11.8 Å². The molecule has 2 amide bonds. The molecule has 0 spiro atoms. The molecule has 5 heteroatoms. The highest BCUT2D eigenvalue weighted by atomic mass is 16.2. The summed E-state index contributed by atoms with van der Waals surface area (Å²) in [5, 5.41) is 5.88. The minimum absolute atomic E-state index is 0.0520. The van der Waals surface area contributed by atoms with Crippen molar-refractivity contribution in [3.8, 4) is 0 Å². The molecule has 0 heterocycles. The molecule has 1 saturated carbocycles. The van der Waals surface area contributed by atoms with Crippen LogP contribution in [-0.4, -0.2) is 18.4 Å². The molecule has 23 heavy (non-hydrogen) atoms. The highest BCUT2D eigenvalue weighted by Crippen LogP contribution is 2.26. The van der Waals surface area contributed by atoms with E-state index in [9.17, 15) is 9.59 Å². The van der Waals surface area contributed by atoms with E-state index >= 15 is 0 Å². The zero-order chi connectivity index (χ0) is 16.7. The summed E-state index contributed by atoms with van der Waals surface area (Å²) in [4.78, 5) is 24.2. The molecule has 0 unspecified atom stereocenters. The monoisotopic (exact) mass is 317 g/mol. The van der Waals surface area contributed by atoms with Gasteiger partial charge in [-0.3, -0.25) is 9.59 Å². The highest BCUT2D eigenvalue weighted by Gasteiger charge is 2.21. The van der Waals surface area contributed by atoms with Crippen molar-refractivity contribution in [1.29, 1.82) is 0 Å². The largest absolute Gasteiger partial charge is 0.330 e. The smallest absolute Gasteiger partial charge is 0.227 e. The van der Waals surface area contributed by atoms with Crippen molar-refractivity contribution in [1.82, 2.24) is 0 Å². The third-order valence-corrected chi connectivity index (χ3v) is 4.36. The lowest BCUT2D eigenvalue weighted by Crippen LogP contribution is -2.25. The Morgan fingerprint density at radius 1 is 1.17 bits per heavy atom. The van der Waals surface area contributed by atoms with E-state index in [2.05, 4.69) is 10.6 Å². The molecule has 0 saturated heterocycles. The minimum Gasteiger partial charge on any atom is -0.330 e. The van der Waals surface area contributed by atoms with Crippen LogP contribution < -0.4 is 16.4 Å². The number of nitrogens with one attached hydrogen (secondary N) is 2. The van der Waals surface area contributed by atoms with Crippen LogP contribution >= 0.6 is 0 Å². The number of carbonyl (C=O) groups is 2. The van der Waals surface area contributed by atoms with Gasteiger partial charge in [-0.25, -0.2) is 0 Å². The molecular weight excluding hydrogens is 290 g/mol. The fourth-order valence-corrected chi connectivity index (χ4v) is 2.92. The highest BCUT2D eigenvalue weighted by molar-refractivity contribution is 5.95. The molecule has 0 atom stereocenters. The lowest BCUT2D eigenvalue weighted by molar-refractivity contribution is -0.120. The topological polar surface area (TPSA) is 84.2 Å². The number of aryl methyl sites for hydroxylation is 1. The van der Waals surface area contributed by atoms with Gasteiger partial charge < -0.3 is 16.4 Å². The first-order valence-electron chi connectivity index (χ1n) is 8.51. The Kier molecular flexibility index (Phi) is 6.59. The van der Waals surface area contributed by atoms with E-state index in [1.54, 1.807) is 0 Å². The van der Waals surface area contributed by atoms with Crippen LogP contribution in [-0.2, 0) is 9.59 Å². The maximum atomic E-state index is 12.4. The van der Waals surface area contributed by atoms with Crippen LogP contribution in [0.2, 0.25) is 0 Å². The number of nitrogens with two attached hydrogens (primary N) is 1. The van der Waals surface area contributed by atoms with Gasteiger partial charge >= 0.3 is 0 Å². The lowest BCUT2D eigenvalue weighted by Gasteiger charge is -2.21. The fourth-order valence-electron chi connectivity index (χ4n) is 2.92. The van der Waals surface area contributed by atoms with Crippen LogP contribution in [0.15, 0.2) is 18.2 Å². The Labute approximate surface area is 138 Å². The van der Waals surface area contributed by atoms with Crippen molar-refractivity contribution in [2.24, 2.45) is 11.7 Å². The van der Waals surface area contributed by atoms with Gasteiger partial charge in [0, 0.05) is 23.7 Å². The number of anilines is 2. The SMILES string of the molecule is Cc1ccc(NC(=O)CCCN)cc1NC(=O)C1CCCCC1. The third kappa shape index (κ3) is 5.36. The molecule has 1 aromatic rings. The summed E-state index contributed by atoms with van der Waals surface area (Å²) in [5.74, 6) is 0.161. The number of hydrogen-bond acceptors (Lipinski definition) is 3. The van der Waals surface area contributed by atoms with Crippen molar-refractivity contribution < 1.29 is 9.59 Å². The second-order valence-corrected chi connectivity index (χ2v) is 6.29. The number of amides is 2. The van der Waals surface area contributed by atoms with E-state index in [4.69, 9.17) is 5.73 Å². The average molecular weight is 317 g/mol. The molecule has 0 bridgehead atoms. The normalized spacial score (nSPS) is 15.2. The molecule has 1 aliphatic rings. The zero-order valence-corrected chi connectivity index (χ0v) is 13.9. The van der Waals surface area contributed by atoms with Gasteiger partial charge in [0.25, 0.3) is 0 Å². The molecule has 1 aromatic carbocycles. The van der Waals surface area contributed by atoms with Gasteiger partial charge in [-0.2, -0.15) is 0 Å². The predicted molar refractivity (Wildman–Crippen MR) is 93.3 cm³/mol. The number of hydrogen-bond donors (Lipinski definition) is 3. The van der Waals surface area contributed by atoms with E-state index in [0.29, 0.717) is 25.1 Å². The molecule has 1 aliphatic carbocycles. The predicted octanol–water partition coefficient (Wildman–Crippen LogP) is 3.19. The molecular formula is C18H27N3O2. The van der Waals surface area contributed by atoms with Gasteiger partial charge in [-0.15, -0.1) is 0 Å². The summed E-state index contributed by atoms with van der Waals surface area (Å²) >= 11 is 0. The van der Waals surface area contributed by atoms with Crippen LogP contribution in [0.1, 0.15) is 50.5 Å². The van der Waals surface area contributed by atoms with Crippen molar-refractivity contribution in [2.45, 2.75) is 51.9 Å². The minimum atomic E-state index is -0.0520. The van der Waals surface area contributed by atoms with Gasteiger partial charge in [0.1, 0.15) is 0 Å². The summed E-state index contributed by atoms with van der Waals surface area (Å²) in [6, 6.07) is 5.59. The van der Waals surface area contributed by atoms with Gasteiger partial charge in [0.15, 0.2) is 0 Å². The van der Waals surface area contributed by atoms with Gasteiger partial charge in [-0.05, 0) is 50.4 Å². The number of carbonyl (C=O) groups excluding carboxylic acids is 2. The summed E-state index contributed by atoms with van der Waals surface area (Å²) in [6.45, 7) is 2.46. The lowest BCUT2D eigenvalue weighted by atomic mass is 9.88. The number of rotatable bonds is 6. The zero-order valence-electron chi connectivity index (χ0n) is 13.9. The summed E-state index contributed by atoms with van der Waals surface area (Å²) in [7, 11) is 0. The Bertz CT molecular complexity index is 551. The van der Waals surface area contributed by atoms with E-state index in [0.717, 1.165) is 36.9 Å². The Balaban J connectivity index is 1.99. The Hall–Kier alpha value is -1.88. The second-order valence-electron chi connectivity index (χ2n) is 6.29. The van der Waals surface area contributed by atoms with E-state index < -0.39 is 0 Å². The van der Waals surface area contributed by atoms with Crippen molar-refractivity contribution in [2.75, 3.05) is 17.2 Å². The van der Waals surface area contributed by atoms with Crippen LogP contribution in [0.4, 0.5) is 11.4 Å². The van der Waals surface area contributed by atoms with Crippen LogP contribution in [0, 0.1) is 12.8 Å². The van der Waals surface area contributed by atoms with Gasteiger partial charge in [-0.1, -0.05) is 25.3 Å². The van der Waals surface area contributed by atoms with E-state index in [1.807, 2.05) is 25.1 Å². The average Bonchev–Trinajstić information content (AvgIpc) is 2.56. The van der Waals surface area contributed by atoms with Crippen LogP contribution in [0.25, 0.3) is 0 Å². The summed E-state index contributed by atoms with van der Waals surface area (Å²) in [5.41, 5.74) is 7.89. The molecule has 1 fully saturated rings. The summed E-state index contributed by atoms with van der Waals surface area (Å²) in [6.07, 6.45) is 6.52. The number of benzene rings is 1. The van der Waals surface area contributed by atoms with Crippen molar-refractivity contribution >= 4 is 23.2 Å². The standard InChI is InChI=1S/C18H27N3O2/c1-13-9-10-15(20-17(22)8-5-11-19)12-16(13)21-18(23)14-6-3-2-4-7-14/h9-10,12,14H,2-8,11,19H2,1H3,(H,20,22)(H,21,23). The maximum absolute atomic E-state index is 12.4. The molecule has 5 nitrogen and oxygen atoms in total. The molecule has 126 valence electrons. The third-order valence-electron chi connectivity index (χ3n) is 4.36. The van der Waals surface area contributed by atoms with Crippen LogP contribution in [0.5, 0.6) is 0 Å². The fraction of sp³-hybridized carbons (Fsp3) is 0.556. The second kappa shape index (κ2) is 8.67. The Morgan fingerprint density at radius 2 is 1.91 bits per heavy atom. The first-order valence-corrected chi connectivity index (χ1v) is 8.51. The maximum Gasteiger partial charge on any atom is 0.227 e. The molecule has 0 aromatic heterocycles. The molecule has 4 N–H and O–H groups in total. The first kappa shape index (κ1) is 17.5. The van der Waals surface area contributed by atoms with Crippen molar-refractivity contribution in [3.05, 3.63) is 23.8 Å². The van der Waals surface area contributed by atoms with E-state index in [-0.39, 0.29) is 17.7 Å². The van der Waals surface area contributed by atoms with Crippen molar-refractivity contribution in [3.63, 3.8) is 0 Å². The Morgan fingerprint density at radius 3 is 2.61 bits per heavy atom. The first-order chi connectivity index (χ1) is 11.1. The van der Waals surface area contributed by atoms with Crippen LogP contribution in [0.3, 0.4) is 0 Å². The molecule has 0 aliphatic heterocycles. The summed E-state index contributed by atoms with van der Waals surface area (Å²) < 4.78 is 0. The van der Waals surface area contributed by atoms with E-state index in [1.165, 1.54) is 6.42 Å². The van der Waals surface area contributed by atoms with Gasteiger partial charge in [0.05, 0.1) is 0 Å². The molecule has 2 rings (SSSR count). The molecule has 0 radical (unpaired) electrons. The quantitative estimate of drug-likeness (QED) is 0.753.